The zero-order valence-electron chi connectivity index (χ0n) is 13.9. The molecule has 4 aliphatic rings. The summed E-state index contributed by atoms with van der Waals surface area (Å²) < 4.78 is 10.3. The van der Waals surface area contributed by atoms with Crippen LogP contribution in [0.25, 0.3) is 0 Å². The van der Waals surface area contributed by atoms with Crippen molar-refractivity contribution in [3.8, 4) is 0 Å². The molecule has 3 saturated heterocycles. The van der Waals surface area contributed by atoms with Crippen molar-refractivity contribution in [2.24, 2.45) is 11.8 Å². The van der Waals surface area contributed by atoms with Crippen LogP contribution in [0.2, 0.25) is 0 Å². The average Bonchev–Trinajstić information content (AvgIpc) is 3.14. The van der Waals surface area contributed by atoms with Gasteiger partial charge >= 0.3 is 12.1 Å². The molecule has 0 N–H and O–H groups in total. The number of methoxy groups -OCH3 is 1. The first-order valence-corrected chi connectivity index (χ1v) is 8.10. The maximum atomic E-state index is 12.2. The highest BCUT2D eigenvalue weighted by atomic mass is 16.6. The van der Waals surface area contributed by atoms with E-state index in [1.165, 1.54) is 7.11 Å². The largest absolute Gasteiger partial charge is 0.469 e. The number of amides is 1. The summed E-state index contributed by atoms with van der Waals surface area (Å²) in [7, 11) is 1.45. The Morgan fingerprint density at radius 1 is 1.14 bits per heavy atom. The number of piperazine rings is 1. The predicted molar refractivity (Wildman–Crippen MR) is 80.3 cm³/mol. The molecule has 1 amide bonds. The van der Waals surface area contributed by atoms with E-state index in [2.05, 4.69) is 4.90 Å². The predicted octanol–water partition coefficient (Wildman–Crippen LogP) is 1.49. The van der Waals surface area contributed by atoms with E-state index in [1.54, 1.807) is 0 Å². The van der Waals surface area contributed by atoms with Gasteiger partial charge in [0.2, 0.25) is 0 Å². The smallest absolute Gasteiger partial charge is 0.410 e. The molecule has 0 aromatic rings. The highest BCUT2D eigenvalue weighted by Gasteiger charge is 2.51. The Morgan fingerprint density at radius 2 is 1.77 bits per heavy atom. The van der Waals surface area contributed by atoms with E-state index in [4.69, 9.17) is 9.47 Å². The van der Waals surface area contributed by atoms with Gasteiger partial charge in [0.15, 0.2) is 0 Å². The van der Waals surface area contributed by atoms with Gasteiger partial charge in [0.25, 0.3) is 0 Å². The molecular weight excluding hydrogens is 284 g/mol. The molecule has 3 heterocycles. The van der Waals surface area contributed by atoms with Gasteiger partial charge < -0.3 is 9.47 Å². The summed E-state index contributed by atoms with van der Waals surface area (Å²) >= 11 is 0. The number of carbonyl (C=O) groups excluding carboxylic acids is 2. The molecule has 4 fully saturated rings. The number of esters is 1. The maximum Gasteiger partial charge on any atom is 0.410 e. The lowest BCUT2D eigenvalue weighted by atomic mass is 9.88. The number of piperidine rings is 1. The van der Waals surface area contributed by atoms with Crippen LogP contribution in [0, 0.1) is 11.8 Å². The summed E-state index contributed by atoms with van der Waals surface area (Å²) in [5.41, 5.74) is -0.442. The lowest BCUT2D eigenvalue weighted by molar-refractivity contribution is -0.142. The standard InChI is InChI=1S/C16H26N2O4/c1-16(2,3)22-15(20)18-11-6-12(18)9-17(8-11)7-10-5-13(10)14(19)21-4/h10-13H,5-9H2,1-4H3/t10-,11?,12?,13+/m0/s1. The molecule has 0 aromatic carbocycles. The fraction of sp³-hybridized carbons (Fsp3) is 0.875. The molecule has 22 heavy (non-hydrogen) atoms. The molecule has 0 spiro atoms. The van der Waals surface area contributed by atoms with Gasteiger partial charge in [-0.05, 0) is 39.5 Å². The van der Waals surface area contributed by atoms with Gasteiger partial charge in [-0.3, -0.25) is 14.6 Å². The molecule has 4 atom stereocenters. The van der Waals surface area contributed by atoms with Crippen molar-refractivity contribution in [3.05, 3.63) is 0 Å². The van der Waals surface area contributed by atoms with Crippen LogP contribution in [-0.2, 0) is 14.3 Å². The van der Waals surface area contributed by atoms with Crippen LogP contribution in [0.4, 0.5) is 4.79 Å². The van der Waals surface area contributed by atoms with Crippen molar-refractivity contribution in [2.75, 3.05) is 26.7 Å². The lowest BCUT2D eigenvalue weighted by Gasteiger charge is -2.56. The molecule has 1 saturated carbocycles. The Morgan fingerprint density at radius 3 is 2.32 bits per heavy atom. The number of nitrogens with zero attached hydrogens (tertiary/aromatic N) is 2. The van der Waals surface area contributed by atoms with E-state index >= 15 is 0 Å². The Hall–Kier alpha value is -1.30. The Balaban J connectivity index is 1.47. The highest BCUT2D eigenvalue weighted by Crippen LogP contribution is 2.42. The quantitative estimate of drug-likeness (QED) is 0.739. The van der Waals surface area contributed by atoms with E-state index in [-0.39, 0.29) is 30.1 Å². The van der Waals surface area contributed by atoms with Gasteiger partial charge in [-0.15, -0.1) is 0 Å². The van der Waals surface area contributed by atoms with Crippen LogP contribution in [-0.4, -0.2) is 66.3 Å². The van der Waals surface area contributed by atoms with Gasteiger partial charge in [0.1, 0.15) is 5.60 Å². The third-order valence-corrected chi connectivity index (χ3v) is 4.79. The highest BCUT2D eigenvalue weighted by molar-refractivity contribution is 5.75. The van der Waals surface area contributed by atoms with E-state index < -0.39 is 5.60 Å². The monoisotopic (exact) mass is 310 g/mol. The van der Waals surface area contributed by atoms with Crippen molar-refractivity contribution in [1.29, 1.82) is 0 Å². The van der Waals surface area contributed by atoms with E-state index in [0.717, 1.165) is 32.5 Å². The van der Waals surface area contributed by atoms with Crippen molar-refractivity contribution in [1.82, 2.24) is 9.80 Å². The summed E-state index contributed by atoms with van der Waals surface area (Å²) in [5.74, 6) is 0.438. The number of rotatable bonds is 3. The van der Waals surface area contributed by atoms with Crippen molar-refractivity contribution >= 4 is 12.1 Å². The molecular formula is C16H26N2O4. The number of carbonyl (C=O) groups is 2. The zero-order valence-corrected chi connectivity index (χ0v) is 13.9. The third kappa shape index (κ3) is 3.07. The van der Waals surface area contributed by atoms with Crippen LogP contribution in [0.5, 0.6) is 0 Å². The fourth-order valence-corrected chi connectivity index (χ4v) is 3.68. The van der Waals surface area contributed by atoms with Crippen molar-refractivity contribution in [2.45, 2.75) is 51.3 Å². The molecule has 124 valence electrons. The minimum Gasteiger partial charge on any atom is -0.469 e. The zero-order chi connectivity index (χ0) is 16.1. The Labute approximate surface area is 131 Å². The normalized spacial score (nSPS) is 33.9. The van der Waals surface area contributed by atoms with Crippen LogP contribution >= 0.6 is 0 Å². The van der Waals surface area contributed by atoms with Gasteiger partial charge in [-0.2, -0.15) is 0 Å². The van der Waals surface area contributed by atoms with Crippen molar-refractivity contribution < 1.29 is 19.1 Å². The van der Waals surface area contributed by atoms with Gasteiger partial charge in [0.05, 0.1) is 25.1 Å². The Kier molecular flexibility index (Phi) is 3.83. The van der Waals surface area contributed by atoms with Crippen LogP contribution in [0.3, 0.4) is 0 Å². The minimum atomic E-state index is -0.442. The minimum absolute atomic E-state index is 0.0810. The average molecular weight is 310 g/mol. The third-order valence-electron chi connectivity index (χ3n) is 4.79. The number of hydrogen-bond donors (Lipinski definition) is 0. The van der Waals surface area contributed by atoms with Crippen molar-refractivity contribution in [3.63, 3.8) is 0 Å². The van der Waals surface area contributed by atoms with E-state index in [1.807, 2.05) is 25.7 Å². The second-order valence-electron chi connectivity index (χ2n) is 7.77. The molecule has 6 nitrogen and oxygen atoms in total. The first-order chi connectivity index (χ1) is 10.3. The molecule has 1 aliphatic carbocycles. The first kappa shape index (κ1) is 15.6. The summed E-state index contributed by atoms with van der Waals surface area (Å²) in [5, 5.41) is 0. The van der Waals surface area contributed by atoms with Crippen LogP contribution < -0.4 is 0 Å². The number of ether oxygens (including phenoxy) is 2. The topological polar surface area (TPSA) is 59.1 Å². The molecule has 0 aromatic heterocycles. The molecule has 3 aliphatic heterocycles. The van der Waals surface area contributed by atoms with Gasteiger partial charge in [0, 0.05) is 19.6 Å². The number of fused-ring (bicyclic) bond motifs is 2. The lowest BCUT2D eigenvalue weighted by Crippen LogP contribution is -2.70. The molecule has 2 bridgehead atoms. The van der Waals surface area contributed by atoms with Gasteiger partial charge in [-0.25, -0.2) is 4.79 Å². The first-order valence-electron chi connectivity index (χ1n) is 8.10. The molecule has 6 heteroatoms. The summed E-state index contributed by atoms with van der Waals surface area (Å²) in [4.78, 5) is 27.9. The van der Waals surface area contributed by atoms with E-state index in [9.17, 15) is 9.59 Å². The Bertz CT molecular complexity index is 461. The second-order valence-corrected chi connectivity index (χ2v) is 7.77. The van der Waals surface area contributed by atoms with Crippen LogP contribution in [0.15, 0.2) is 0 Å². The number of hydrogen-bond acceptors (Lipinski definition) is 5. The maximum absolute atomic E-state index is 12.2. The van der Waals surface area contributed by atoms with E-state index in [0.29, 0.717) is 5.92 Å². The van der Waals surface area contributed by atoms with Crippen LogP contribution in [0.1, 0.15) is 33.6 Å². The molecule has 4 rings (SSSR count). The SMILES string of the molecule is COC(=O)[C@@H]1C[C@H]1CN1CC2CC(C1)N2C(=O)OC(C)(C)C. The molecule has 2 unspecified atom stereocenters. The van der Waals surface area contributed by atoms with Gasteiger partial charge in [-0.1, -0.05) is 0 Å². The fourth-order valence-electron chi connectivity index (χ4n) is 3.68. The second kappa shape index (κ2) is 5.41. The molecule has 0 radical (unpaired) electrons. The summed E-state index contributed by atoms with van der Waals surface area (Å²) in [6, 6.07) is 0.535. The summed E-state index contributed by atoms with van der Waals surface area (Å²) in [6.07, 6.45) is 1.82. The summed E-state index contributed by atoms with van der Waals surface area (Å²) in [6.45, 7) is 8.40.